The number of aldehydes is 1. The van der Waals surface area contributed by atoms with E-state index in [9.17, 15) is 13.6 Å². The van der Waals surface area contributed by atoms with Crippen LogP contribution in [0.25, 0.3) is 0 Å². The summed E-state index contributed by atoms with van der Waals surface area (Å²) in [4.78, 5) is 11.2. The maximum Gasteiger partial charge on any atom is 0.388 e. The SMILES string of the molecule is CN/C(OC(F)F)=C(/C=O)C(=N)c1ccc(OC(C)C)c(C)c1. The summed E-state index contributed by atoms with van der Waals surface area (Å²) in [6.45, 7) is 2.49. The molecule has 0 amide bonds. The molecule has 0 aliphatic carbocycles. The number of rotatable bonds is 8. The van der Waals surface area contributed by atoms with Crippen LogP contribution in [0.3, 0.4) is 0 Å². The molecule has 0 unspecified atom stereocenters. The Morgan fingerprint density at radius 1 is 1.35 bits per heavy atom. The molecule has 5 nitrogen and oxygen atoms in total. The number of halogens is 2. The molecule has 0 atom stereocenters. The van der Waals surface area contributed by atoms with E-state index in [0.29, 0.717) is 17.6 Å². The quantitative estimate of drug-likeness (QED) is 0.333. The van der Waals surface area contributed by atoms with Crippen molar-refractivity contribution >= 4 is 12.0 Å². The number of benzene rings is 1. The van der Waals surface area contributed by atoms with Crippen molar-refractivity contribution in [2.45, 2.75) is 33.5 Å². The fourth-order valence-electron chi connectivity index (χ4n) is 1.92. The fraction of sp³-hybridized carbons (Fsp3) is 0.375. The number of hydrogen-bond donors (Lipinski definition) is 2. The Labute approximate surface area is 133 Å². The van der Waals surface area contributed by atoms with E-state index in [1.165, 1.54) is 7.05 Å². The van der Waals surface area contributed by atoms with Gasteiger partial charge in [0.15, 0.2) is 6.29 Å². The van der Waals surface area contributed by atoms with Crippen molar-refractivity contribution in [3.05, 3.63) is 40.8 Å². The molecule has 0 saturated carbocycles. The van der Waals surface area contributed by atoms with Crippen LogP contribution in [0.15, 0.2) is 29.7 Å². The first-order valence-electron chi connectivity index (χ1n) is 6.98. The van der Waals surface area contributed by atoms with Gasteiger partial charge in [-0.05, 0) is 44.5 Å². The van der Waals surface area contributed by atoms with Crippen molar-refractivity contribution in [1.29, 1.82) is 5.41 Å². The molecule has 1 aromatic carbocycles. The van der Waals surface area contributed by atoms with Crippen LogP contribution < -0.4 is 10.1 Å². The van der Waals surface area contributed by atoms with Crippen molar-refractivity contribution in [3.8, 4) is 5.75 Å². The third-order valence-corrected chi connectivity index (χ3v) is 2.89. The molecule has 7 heteroatoms. The summed E-state index contributed by atoms with van der Waals surface area (Å²) in [5.41, 5.74) is 0.659. The van der Waals surface area contributed by atoms with Crippen molar-refractivity contribution in [2.75, 3.05) is 7.05 Å². The normalized spacial score (nSPS) is 12.0. The van der Waals surface area contributed by atoms with Gasteiger partial charge >= 0.3 is 6.61 Å². The van der Waals surface area contributed by atoms with E-state index in [2.05, 4.69) is 10.1 Å². The minimum Gasteiger partial charge on any atom is -0.491 e. The van der Waals surface area contributed by atoms with Crippen LogP contribution >= 0.6 is 0 Å². The molecule has 0 aliphatic rings. The summed E-state index contributed by atoms with van der Waals surface area (Å²) in [5.74, 6) is 0.214. The first kappa shape index (κ1) is 18.6. The van der Waals surface area contributed by atoms with Crippen LogP contribution in [0.5, 0.6) is 5.75 Å². The van der Waals surface area contributed by atoms with Gasteiger partial charge in [-0.3, -0.25) is 10.2 Å². The van der Waals surface area contributed by atoms with E-state index in [1.54, 1.807) is 25.1 Å². The van der Waals surface area contributed by atoms with Gasteiger partial charge in [-0.25, -0.2) is 0 Å². The Hall–Kier alpha value is -2.44. The lowest BCUT2D eigenvalue weighted by molar-refractivity contribution is -0.108. The second kappa shape index (κ2) is 8.26. The molecular weight excluding hydrogens is 306 g/mol. The zero-order valence-corrected chi connectivity index (χ0v) is 13.4. The largest absolute Gasteiger partial charge is 0.491 e. The highest BCUT2D eigenvalue weighted by Gasteiger charge is 2.18. The molecule has 23 heavy (non-hydrogen) atoms. The number of nitrogens with one attached hydrogen (secondary N) is 2. The van der Waals surface area contributed by atoms with Gasteiger partial charge < -0.3 is 14.8 Å². The number of aryl methyl sites for hydroxylation is 1. The highest BCUT2D eigenvalue weighted by Crippen LogP contribution is 2.22. The fourth-order valence-corrected chi connectivity index (χ4v) is 1.92. The van der Waals surface area contributed by atoms with Crippen LogP contribution in [0, 0.1) is 12.3 Å². The van der Waals surface area contributed by atoms with Crippen molar-refractivity contribution in [3.63, 3.8) is 0 Å². The van der Waals surface area contributed by atoms with Crippen LogP contribution in [0.1, 0.15) is 25.0 Å². The lowest BCUT2D eigenvalue weighted by atomic mass is 10.0. The first-order valence-corrected chi connectivity index (χ1v) is 6.98. The maximum absolute atomic E-state index is 12.4. The predicted molar refractivity (Wildman–Crippen MR) is 83.0 cm³/mol. The molecule has 126 valence electrons. The third-order valence-electron chi connectivity index (χ3n) is 2.89. The zero-order valence-electron chi connectivity index (χ0n) is 13.4. The molecule has 0 spiro atoms. The smallest absolute Gasteiger partial charge is 0.388 e. The number of allylic oxidation sites excluding steroid dienone is 1. The van der Waals surface area contributed by atoms with Crippen LogP contribution in [-0.2, 0) is 9.53 Å². The summed E-state index contributed by atoms with van der Waals surface area (Å²) in [7, 11) is 1.33. The molecule has 0 aromatic heterocycles. The van der Waals surface area contributed by atoms with Gasteiger partial charge in [0.25, 0.3) is 0 Å². The maximum atomic E-state index is 12.4. The average Bonchev–Trinajstić information content (AvgIpc) is 2.47. The number of hydrogen-bond acceptors (Lipinski definition) is 5. The molecule has 0 heterocycles. The molecule has 0 bridgehead atoms. The van der Waals surface area contributed by atoms with Crippen molar-refractivity contribution in [2.24, 2.45) is 0 Å². The van der Waals surface area contributed by atoms with E-state index in [1.807, 2.05) is 13.8 Å². The summed E-state index contributed by atoms with van der Waals surface area (Å²) in [5, 5.41) is 10.4. The Balaban J connectivity index is 3.18. The highest BCUT2D eigenvalue weighted by atomic mass is 19.3. The number of carbonyl (C=O) groups is 1. The van der Waals surface area contributed by atoms with Crippen LogP contribution in [0.4, 0.5) is 8.78 Å². The molecule has 0 fully saturated rings. The van der Waals surface area contributed by atoms with Gasteiger partial charge in [0, 0.05) is 12.6 Å². The molecule has 1 rings (SSSR count). The molecule has 0 aliphatic heterocycles. The average molecular weight is 326 g/mol. The van der Waals surface area contributed by atoms with Crippen LogP contribution in [-0.4, -0.2) is 31.8 Å². The predicted octanol–water partition coefficient (Wildman–Crippen LogP) is 3.02. The monoisotopic (exact) mass is 326 g/mol. The number of carbonyl (C=O) groups excluding carboxylic acids is 1. The lowest BCUT2D eigenvalue weighted by Gasteiger charge is -2.15. The van der Waals surface area contributed by atoms with E-state index < -0.39 is 12.5 Å². The molecule has 1 aromatic rings. The van der Waals surface area contributed by atoms with Gasteiger partial charge in [-0.15, -0.1) is 0 Å². The Kier molecular flexibility index (Phi) is 6.68. The molecule has 0 radical (unpaired) electrons. The zero-order chi connectivity index (χ0) is 17.6. The minimum absolute atomic E-state index is 0.000214. The topological polar surface area (TPSA) is 71.4 Å². The summed E-state index contributed by atoms with van der Waals surface area (Å²) < 4.78 is 34.6. The highest BCUT2D eigenvalue weighted by molar-refractivity contribution is 6.21. The number of ether oxygens (including phenoxy) is 2. The van der Waals surface area contributed by atoms with E-state index in [-0.39, 0.29) is 17.4 Å². The van der Waals surface area contributed by atoms with Crippen LogP contribution in [0.2, 0.25) is 0 Å². The Morgan fingerprint density at radius 3 is 2.43 bits per heavy atom. The standard InChI is InChI=1S/C16H20F2N2O3/c1-9(2)22-13-6-5-11(7-10(13)3)14(19)12(8-21)15(20-4)23-16(17)18/h5-9,16,19-20H,1-4H3/b15-12+,19-14?. The number of alkyl halides is 2. The van der Waals surface area contributed by atoms with Gasteiger partial charge in [-0.1, -0.05) is 0 Å². The molecule has 2 N–H and O–H groups in total. The summed E-state index contributed by atoms with van der Waals surface area (Å²) >= 11 is 0. The van der Waals surface area contributed by atoms with E-state index >= 15 is 0 Å². The van der Waals surface area contributed by atoms with Crippen molar-refractivity contribution in [1.82, 2.24) is 5.32 Å². The lowest BCUT2D eigenvalue weighted by Crippen LogP contribution is -2.20. The third kappa shape index (κ3) is 5.05. The van der Waals surface area contributed by atoms with Gasteiger partial charge in [-0.2, -0.15) is 8.78 Å². The molecule has 0 saturated heterocycles. The van der Waals surface area contributed by atoms with Gasteiger partial charge in [0.05, 0.1) is 17.4 Å². The van der Waals surface area contributed by atoms with E-state index in [0.717, 1.165) is 5.56 Å². The second-order valence-electron chi connectivity index (χ2n) is 5.01. The molecular formula is C16H20F2N2O3. The second-order valence-corrected chi connectivity index (χ2v) is 5.01. The Morgan fingerprint density at radius 2 is 2.00 bits per heavy atom. The van der Waals surface area contributed by atoms with Gasteiger partial charge in [0.2, 0.25) is 5.88 Å². The summed E-state index contributed by atoms with van der Waals surface area (Å²) in [6, 6.07) is 4.92. The minimum atomic E-state index is -3.09. The van der Waals surface area contributed by atoms with Gasteiger partial charge in [0.1, 0.15) is 5.75 Å². The van der Waals surface area contributed by atoms with E-state index in [4.69, 9.17) is 10.1 Å². The van der Waals surface area contributed by atoms with Crippen molar-refractivity contribution < 1.29 is 23.0 Å². The first-order chi connectivity index (χ1) is 10.8. The summed E-state index contributed by atoms with van der Waals surface area (Å²) in [6.07, 6.45) is 0.310. The Bertz CT molecular complexity index is 613.